The van der Waals surface area contributed by atoms with E-state index >= 15 is 0 Å². The Kier molecular flexibility index (Phi) is 7.96. The molecule has 2 aromatic carbocycles. The SMILES string of the molecule is CC(C)Oc1ccc(CNC(=O)CSc2nnc(C(=O)Nc3ccc(F)cc3)s2)cc1. The third-order valence-electron chi connectivity index (χ3n) is 3.81. The van der Waals surface area contributed by atoms with Crippen LogP contribution in [0, 0.1) is 5.82 Å². The quantitative estimate of drug-likeness (QED) is 0.467. The second-order valence-corrected chi connectivity index (χ2v) is 8.91. The number of hydrogen-bond donors (Lipinski definition) is 2. The second-order valence-electron chi connectivity index (χ2n) is 6.71. The predicted octanol–water partition coefficient (Wildman–Crippen LogP) is 4.13. The Balaban J connectivity index is 1.42. The van der Waals surface area contributed by atoms with Gasteiger partial charge in [0.25, 0.3) is 5.91 Å². The van der Waals surface area contributed by atoms with E-state index in [9.17, 15) is 14.0 Å². The molecular formula is C21H21FN4O3S2. The highest BCUT2D eigenvalue weighted by Crippen LogP contribution is 2.23. The van der Waals surface area contributed by atoms with E-state index in [1.165, 1.54) is 36.0 Å². The lowest BCUT2D eigenvalue weighted by Crippen LogP contribution is -2.24. The topological polar surface area (TPSA) is 93.2 Å². The first-order chi connectivity index (χ1) is 14.9. The van der Waals surface area contributed by atoms with Crippen LogP contribution in [0.1, 0.15) is 29.2 Å². The Morgan fingerprint density at radius 2 is 1.81 bits per heavy atom. The molecule has 7 nitrogen and oxygen atoms in total. The van der Waals surface area contributed by atoms with Gasteiger partial charge in [-0.3, -0.25) is 9.59 Å². The van der Waals surface area contributed by atoms with Crippen molar-refractivity contribution in [3.8, 4) is 5.75 Å². The van der Waals surface area contributed by atoms with E-state index in [2.05, 4.69) is 20.8 Å². The van der Waals surface area contributed by atoms with Crippen molar-refractivity contribution < 1.29 is 18.7 Å². The number of nitrogens with zero attached hydrogens (tertiary/aromatic N) is 2. The number of hydrogen-bond acceptors (Lipinski definition) is 7. The number of benzene rings is 2. The average molecular weight is 461 g/mol. The molecule has 0 aliphatic rings. The fraction of sp³-hybridized carbons (Fsp3) is 0.238. The van der Waals surface area contributed by atoms with Gasteiger partial charge in [-0.05, 0) is 55.8 Å². The number of nitrogens with one attached hydrogen (secondary N) is 2. The van der Waals surface area contributed by atoms with Gasteiger partial charge in [0.15, 0.2) is 4.34 Å². The minimum atomic E-state index is -0.440. The monoisotopic (exact) mass is 460 g/mol. The van der Waals surface area contributed by atoms with Gasteiger partial charge in [0.1, 0.15) is 11.6 Å². The molecule has 3 aromatic rings. The Bertz CT molecular complexity index is 1020. The van der Waals surface area contributed by atoms with Crippen molar-refractivity contribution in [2.75, 3.05) is 11.1 Å². The molecule has 0 saturated heterocycles. The zero-order valence-corrected chi connectivity index (χ0v) is 18.6. The van der Waals surface area contributed by atoms with Crippen LogP contribution in [0.3, 0.4) is 0 Å². The Morgan fingerprint density at radius 3 is 2.48 bits per heavy atom. The molecule has 0 unspecified atom stereocenters. The van der Waals surface area contributed by atoms with Crippen LogP contribution in [0.4, 0.5) is 10.1 Å². The van der Waals surface area contributed by atoms with Crippen molar-refractivity contribution in [2.45, 2.75) is 30.8 Å². The van der Waals surface area contributed by atoms with Crippen molar-refractivity contribution in [1.29, 1.82) is 0 Å². The van der Waals surface area contributed by atoms with E-state index in [1.807, 2.05) is 38.1 Å². The van der Waals surface area contributed by atoms with Gasteiger partial charge in [-0.1, -0.05) is 35.2 Å². The van der Waals surface area contributed by atoms with E-state index in [4.69, 9.17) is 4.74 Å². The largest absolute Gasteiger partial charge is 0.491 e. The van der Waals surface area contributed by atoms with Gasteiger partial charge in [0.2, 0.25) is 10.9 Å². The lowest BCUT2D eigenvalue weighted by molar-refractivity contribution is -0.118. The minimum Gasteiger partial charge on any atom is -0.491 e. The first-order valence-electron chi connectivity index (χ1n) is 9.44. The number of aromatic nitrogens is 2. The molecule has 0 aliphatic carbocycles. The highest BCUT2D eigenvalue weighted by atomic mass is 32.2. The zero-order valence-electron chi connectivity index (χ0n) is 16.9. The molecule has 0 fully saturated rings. The summed E-state index contributed by atoms with van der Waals surface area (Å²) in [5, 5.41) is 13.4. The molecule has 2 amide bonds. The summed E-state index contributed by atoms with van der Waals surface area (Å²) in [4.78, 5) is 24.3. The Morgan fingerprint density at radius 1 is 1.10 bits per heavy atom. The van der Waals surface area contributed by atoms with Crippen LogP contribution < -0.4 is 15.4 Å². The molecular weight excluding hydrogens is 439 g/mol. The fourth-order valence-electron chi connectivity index (χ4n) is 2.41. The standard InChI is InChI=1S/C21H21FN4O3S2/c1-13(2)29-17-9-3-14(4-10-17)11-23-18(27)12-30-21-26-25-20(31-21)19(28)24-16-7-5-15(22)6-8-16/h3-10,13H,11-12H2,1-2H3,(H,23,27)(H,24,28). The van der Waals surface area contributed by atoms with Crippen LogP contribution >= 0.6 is 23.1 Å². The van der Waals surface area contributed by atoms with Crippen LogP contribution in [0.25, 0.3) is 0 Å². The van der Waals surface area contributed by atoms with Gasteiger partial charge < -0.3 is 15.4 Å². The summed E-state index contributed by atoms with van der Waals surface area (Å²) in [7, 11) is 0. The highest BCUT2D eigenvalue weighted by Gasteiger charge is 2.14. The van der Waals surface area contributed by atoms with Gasteiger partial charge in [0, 0.05) is 12.2 Å². The first kappa shape index (κ1) is 22.7. The van der Waals surface area contributed by atoms with Crippen molar-refractivity contribution in [3.05, 3.63) is 64.9 Å². The summed E-state index contributed by atoms with van der Waals surface area (Å²) in [6.07, 6.45) is 0.109. The summed E-state index contributed by atoms with van der Waals surface area (Å²) in [6.45, 7) is 4.33. The number of thioether (sulfide) groups is 1. The molecule has 0 atom stereocenters. The molecule has 2 N–H and O–H groups in total. The van der Waals surface area contributed by atoms with Gasteiger partial charge in [-0.25, -0.2) is 4.39 Å². The number of ether oxygens (including phenoxy) is 1. The summed E-state index contributed by atoms with van der Waals surface area (Å²) in [5.74, 6) is -0.0347. The van der Waals surface area contributed by atoms with E-state index < -0.39 is 5.91 Å². The molecule has 0 spiro atoms. The maximum Gasteiger partial charge on any atom is 0.286 e. The van der Waals surface area contributed by atoms with E-state index in [0.29, 0.717) is 16.6 Å². The zero-order chi connectivity index (χ0) is 22.2. The first-order valence-corrected chi connectivity index (χ1v) is 11.2. The van der Waals surface area contributed by atoms with E-state index in [-0.39, 0.29) is 28.6 Å². The molecule has 162 valence electrons. The van der Waals surface area contributed by atoms with Crippen LogP contribution in [0.5, 0.6) is 5.75 Å². The summed E-state index contributed by atoms with van der Waals surface area (Å²) < 4.78 is 19.0. The summed E-state index contributed by atoms with van der Waals surface area (Å²) >= 11 is 2.29. The van der Waals surface area contributed by atoms with E-state index in [0.717, 1.165) is 22.6 Å². The Labute approximate surface area is 187 Å². The Hall–Kier alpha value is -2.98. The van der Waals surface area contributed by atoms with Gasteiger partial charge in [-0.2, -0.15) is 0 Å². The van der Waals surface area contributed by atoms with Crippen LogP contribution in [0.15, 0.2) is 52.9 Å². The number of carbonyl (C=O) groups is 2. The lowest BCUT2D eigenvalue weighted by Gasteiger charge is -2.10. The lowest BCUT2D eigenvalue weighted by atomic mass is 10.2. The predicted molar refractivity (Wildman–Crippen MR) is 119 cm³/mol. The van der Waals surface area contributed by atoms with Gasteiger partial charge in [0.05, 0.1) is 11.9 Å². The van der Waals surface area contributed by atoms with E-state index in [1.54, 1.807) is 0 Å². The summed E-state index contributed by atoms with van der Waals surface area (Å²) in [6, 6.07) is 13.0. The maximum absolute atomic E-state index is 12.9. The number of carbonyl (C=O) groups excluding carboxylic acids is 2. The molecule has 31 heavy (non-hydrogen) atoms. The molecule has 0 aliphatic heterocycles. The fourth-order valence-corrected chi connectivity index (χ4v) is 3.99. The maximum atomic E-state index is 12.9. The second kappa shape index (κ2) is 10.9. The van der Waals surface area contributed by atoms with Crippen molar-refractivity contribution >= 4 is 40.6 Å². The third kappa shape index (κ3) is 7.34. The van der Waals surface area contributed by atoms with Crippen molar-refractivity contribution in [1.82, 2.24) is 15.5 Å². The smallest absolute Gasteiger partial charge is 0.286 e. The minimum absolute atomic E-state index is 0.109. The molecule has 0 radical (unpaired) electrons. The number of anilines is 1. The van der Waals surface area contributed by atoms with Crippen LogP contribution in [0.2, 0.25) is 0 Å². The van der Waals surface area contributed by atoms with Crippen molar-refractivity contribution in [3.63, 3.8) is 0 Å². The molecule has 0 saturated carbocycles. The van der Waals surface area contributed by atoms with Gasteiger partial charge in [-0.15, -0.1) is 10.2 Å². The third-order valence-corrected chi connectivity index (χ3v) is 5.87. The van der Waals surface area contributed by atoms with Crippen molar-refractivity contribution in [2.24, 2.45) is 0 Å². The average Bonchev–Trinajstić information content (AvgIpc) is 3.22. The van der Waals surface area contributed by atoms with Crippen LogP contribution in [-0.2, 0) is 11.3 Å². The number of rotatable bonds is 9. The highest BCUT2D eigenvalue weighted by molar-refractivity contribution is 8.01. The molecule has 10 heteroatoms. The van der Waals surface area contributed by atoms with Crippen LogP contribution in [-0.4, -0.2) is 33.9 Å². The number of halogens is 1. The molecule has 3 rings (SSSR count). The number of amides is 2. The molecule has 0 bridgehead atoms. The normalized spacial score (nSPS) is 10.7. The summed E-state index contributed by atoms with van der Waals surface area (Å²) in [5.41, 5.74) is 1.42. The molecule has 1 aromatic heterocycles. The molecule has 1 heterocycles. The van der Waals surface area contributed by atoms with Gasteiger partial charge >= 0.3 is 0 Å².